The summed E-state index contributed by atoms with van der Waals surface area (Å²) in [6.45, 7) is 1.69. The van der Waals surface area contributed by atoms with Gasteiger partial charge in [0.1, 0.15) is 16.9 Å². The lowest BCUT2D eigenvalue weighted by Gasteiger charge is -2.04. The van der Waals surface area contributed by atoms with Gasteiger partial charge in [0.2, 0.25) is 0 Å². The van der Waals surface area contributed by atoms with Crippen LogP contribution >= 0.6 is 11.6 Å². The van der Waals surface area contributed by atoms with Gasteiger partial charge in [0.05, 0.1) is 0 Å². The highest BCUT2D eigenvalue weighted by Gasteiger charge is 2.17. The number of carboxylic acids is 1. The Hall–Kier alpha value is -2.21. The molecule has 0 amide bonds. The first-order valence-corrected chi connectivity index (χ1v) is 5.49. The van der Waals surface area contributed by atoms with Crippen LogP contribution in [-0.4, -0.2) is 30.7 Å². The molecule has 0 atom stereocenters. The van der Waals surface area contributed by atoms with E-state index in [9.17, 15) is 9.90 Å². The predicted octanol–water partition coefficient (Wildman–Crippen LogP) is 1.94. The number of carboxylic acid groups (broad SMARTS) is 1. The van der Waals surface area contributed by atoms with Crippen LogP contribution < -0.4 is 0 Å². The molecule has 0 aromatic carbocycles. The van der Waals surface area contributed by atoms with Crippen molar-refractivity contribution in [3.8, 4) is 0 Å². The summed E-state index contributed by atoms with van der Waals surface area (Å²) in [4.78, 5) is 19.3. The van der Waals surface area contributed by atoms with Gasteiger partial charge in [-0.25, -0.2) is 19.3 Å². The third kappa shape index (κ3) is 1.42. The summed E-state index contributed by atoms with van der Waals surface area (Å²) in [5, 5.41) is 14.3. The van der Waals surface area contributed by atoms with Crippen molar-refractivity contribution in [2.24, 2.45) is 0 Å². The maximum Gasteiger partial charge on any atom is 0.339 e. The standard InChI is InChI=1S/C11H7ClN4O2/c1-5-14-10-7(11(17)18)4-6-2-3-13-9(12)8(6)16(10)15-5/h2-4H,1H3,(H,17,18). The monoisotopic (exact) mass is 262 g/mol. The van der Waals surface area contributed by atoms with Crippen molar-refractivity contribution in [2.75, 3.05) is 0 Å². The van der Waals surface area contributed by atoms with E-state index >= 15 is 0 Å². The fraction of sp³-hybridized carbons (Fsp3) is 0.0909. The van der Waals surface area contributed by atoms with E-state index in [2.05, 4.69) is 15.1 Å². The number of rotatable bonds is 1. The second kappa shape index (κ2) is 3.64. The Balaban J connectivity index is 2.61. The largest absolute Gasteiger partial charge is 0.478 e. The van der Waals surface area contributed by atoms with Crippen molar-refractivity contribution in [2.45, 2.75) is 6.92 Å². The Kier molecular flexibility index (Phi) is 2.21. The molecule has 0 saturated heterocycles. The van der Waals surface area contributed by atoms with Crippen LogP contribution in [0.2, 0.25) is 5.15 Å². The molecule has 1 N–H and O–H groups in total. The highest BCUT2D eigenvalue weighted by atomic mass is 35.5. The second-order valence-electron chi connectivity index (χ2n) is 3.80. The maximum atomic E-state index is 11.2. The molecule has 3 heterocycles. The van der Waals surface area contributed by atoms with Crippen LogP contribution in [0.1, 0.15) is 16.2 Å². The number of hydrogen-bond donors (Lipinski definition) is 1. The van der Waals surface area contributed by atoms with Gasteiger partial charge >= 0.3 is 5.97 Å². The van der Waals surface area contributed by atoms with E-state index in [1.165, 1.54) is 16.8 Å². The quantitative estimate of drug-likeness (QED) is 0.678. The van der Waals surface area contributed by atoms with Gasteiger partial charge in [-0.2, -0.15) is 5.10 Å². The van der Waals surface area contributed by atoms with Gasteiger partial charge in [0.25, 0.3) is 0 Å². The molecule has 0 radical (unpaired) electrons. The minimum atomic E-state index is -1.05. The van der Waals surface area contributed by atoms with Crippen molar-refractivity contribution < 1.29 is 9.90 Å². The Morgan fingerprint density at radius 2 is 2.28 bits per heavy atom. The van der Waals surface area contributed by atoms with E-state index in [-0.39, 0.29) is 16.4 Å². The van der Waals surface area contributed by atoms with Crippen molar-refractivity contribution >= 4 is 34.1 Å². The number of aromatic carboxylic acids is 1. The zero-order valence-corrected chi connectivity index (χ0v) is 10.0. The molecule has 0 spiro atoms. The average Bonchev–Trinajstić information content (AvgIpc) is 2.68. The number of aryl methyl sites for hydroxylation is 1. The molecular formula is C11H7ClN4O2. The normalized spacial score (nSPS) is 11.2. The molecule has 0 aliphatic carbocycles. The van der Waals surface area contributed by atoms with E-state index in [0.717, 1.165) is 0 Å². The van der Waals surface area contributed by atoms with Gasteiger partial charge < -0.3 is 5.11 Å². The van der Waals surface area contributed by atoms with Gasteiger partial charge in [-0.15, -0.1) is 0 Å². The predicted molar refractivity (Wildman–Crippen MR) is 65.0 cm³/mol. The number of nitrogens with zero attached hydrogens (tertiary/aromatic N) is 4. The summed E-state index contributed by atoms with van der Waals surface area (Å²) in [6.07, 6.45) is 1.52. The molecule has 0 bridgehead atoms. The summed E-state index contributed by atoms with van der Waals surface area (Å²) in [5.41, 5.74) is 0.910. The van der Waals surface area contributed by atoms with E-state index in [0.29, 0.717) is 16.7 Å². The SMILES string of the molecule is Cc1nc2c(C(=O)O)cc3ccnc(Cl)c3n2n1. The smallest absolute Gasteiger partial charge is 0.339 e. The Morgan fingerprint density at radius 3 is 3.00 bits per heavy atom. The second-order valence-corrected chi connectivity index (χ2v) is 4.16. The first-order valence-electron chi connectivity index (χ1n) is 5.12. The van der Waals surface area contributed by atoms with Crippen LogP contribution in [0.4, 0.5) is 0 Å². The molecule has 0 fully saturated rings. The van der Waals surface area contributed by atoms with E-state index in [1.54, 1.807) is 13.0 Å². The zero-order valence-electron chi connectivity index (χ0n) is 9.25. The van der Waals surface area contributed by atoms with Crippen molar-refractivity contribution in [1.29, 1.82) is 0 Å². The first kappa shape index (κ1) is 10.9. The summed E-state index contributed by atoms with van der Waals surface area (Å²) in [5.74, 6) is -0.577. The number of fused-ring (bicyclic) bond motifs is 3. The molecular weight excluding hydrogens is 256 g/mol. The highest BCUT2D eigenvalue weighted by Crippen LogP contribution is 2.24. The Bertz CT molecular complexity index is 796. The number of pyridine rings is 2. The fourth-order valence-electron chi connectivity index (χ4n) is 1.89. The van der Waals surface area contributed by atoms with Gasteiger partial charge in [-0.1, -0.05) is 11.6 Å². The number of carbonyl (C=O) groups is 1. The molecule has 0 aliphatic rings. The molecule has 3 aromatic rings. The van der Waals surface area contributed by atoms with Crippen molar-refractivity contribution in [3.05, 3.63) is 34.9 Å². The van der Waals surface area contributed by atoms with Gasteiger partial charge in [0, 0.05) is 11.6 Å². The highest BCUT2D eigenvalue weighted by molar-refractivity contribution is 6.34. The summed E-state index contributed by atoms with van der Waals surface area (Å²) >= 11 is 6.03. The average molecular weight is 263 g/mol. The molecule has 7 heteroatoms. The van der Waals surface area contributed by atoms with Crippen molar-refractivity contribution in [3.63, 3.8) is 0 Å². The van der Waals surface area contributed by atoms with Crippen molar-refractivity contribution in [1.82, 2.24) is 19.6 Å². The lowest BCUT2D eigenvalue weighted by molar-refractivity contribution is 0.0698. The number of halogens is 1. The summed E-state index contributed by atoms with van der Waals surface area (Å²) in [7, 11) is 0. The minimum Gasteiger partial charge on any atom is -0.478 e. The van der Waals surface area contributed by atoms with Crippen LogP contribution in [0.3, 0.4) is 0 Å². The number of aromatic nitrogens is 4. The lowest BCUT2D eigenvalue weighted by Crippen LogP contribution is -2.03. The summed E-state index contributed by atoms with van der Waals surface area (Å²) < 4.78 is 1.42. The third-order valence-corrected chi connectivity index (χ3v) is 2.88. The van der Waals surface area contributed by atoms with Crippen LogP contribution in [0.15, 0.2) is 18.3 Å². The first-order chi connectivity index (χ1) is 8.58. The fourth-order valence-corrected chi connectivity index (χ4v) is 2.14. The van der Waals surface area contributed by atoms with Crippen LogP contribution in [0, 0.1) is 6.92 Å². The Labute approximate surface area is 106 Å². The van der Waals surface area contributed by atoms with Gasteiger partial charge in [-0.3, -0.25) is 0 Å². The minimum absolute atomic E-state index is 0.0883. The van der Waals surface area contributed by atoms with Gasteiger partial charge in [-0.05, 0) is 19.1 Å². The summed E-state index contributed by atoms with van der Waals surface area (Å²) in [6, 6.07) is 3.21. The molecule has 0 aliphatic heterocycles. The molecule has 90 valence electrons. The van der Waals surface area contributed by atoms with Crippen LogP contribution in [0.25, 0.3) is 16.6 Å². The molecule has 3 aromatic heterocycles. The third-order valence-electron chi connectivity index (χ3n) is 2.61. The molecule has 0 saturated carbocycles. The topological polar surface area (TPSA) is 80.4 Å². The molecule has 18 heavy (non-hydrogen) atoms. The molecule has 0 unspecified atom stereocenters. The van der Waals surface area contributed by atoms with Crippen LogP contribution in [-0.2, 0) is 0 Å². The maximum absolute atomic E-state index is 11.2. The van der Waals surface area contributed by atoms with E-state index in [1.807, 2.05) is 0 Å². The van der Waals surface area contributed by atoms with Gasteiger partial charge in [0.15, 0.2) is 10.8 Å². The molecule has 6 nitrogen and oxygen atoms in total. The van der Waals surface area contributed by atoms with E-state index in [4.69, 9.17) is 11.6 Å². The number of hydrogen-bond acceptors (Lipinski definition) is 4. The van der Waals surface area contributed by atoms with Crippen LogP contribution in [0.5, 0.6) is 0 Å². The lowest BCUT2D eigenvalue weighted by atomic mass is 10.2. The van der Waals surface area contributed by atoms with E-state index < -0.39 is 5.97 Å². The molecule has 3 rings (SSSR count). The Morgan fingerprint density at radius 1 is 1.50 bits per heavy atom. The zero-order chi connectivity index (χ0) is 12.9.